The van der Waals surface area contributed by atoms with E-state index in [0.29, 0.717) is 30.1 Å². The lowest BCUT2D eigenvalue weighted by atomic mass is 10.1. The molecule has 3 rings (SSSR count). The first kappa shape index (κ1) is 18.1. The van der Waals surface area contributed by atoms with Crippen LogP contribution in [0.25, 0.3) is 0 Å². The second kappa shape index (κ2) is 7.27. The lowest BCUT2D eigenvalue weighted by Gasteiger charge is -2.22. The van der Waals surface area contributed by atoms with Gasteiger partial charge in [0.05, 0.1) is 0 Å². The summed E-state index contributed by atoms with van der Waals surface area (Å²) in [4.78, 5) is 13.6. The Morgan fingerprint density at radius 2 is 2.00 bits per heavy atom. The van der Waals surface area contributed by atoms with Crippen LogP contribution in [0.1, 0.15) is 28.8 Å². The fourth-order valence-electron chi connectivity index (χ4n) is 3.06. The second-order valence-electron chi connectivity index (χ2n) is 6.28. The minimum absolute atomic E-state index is 0.224. The molecule has 0 saturated carbocycles. The Morgan fingerprint density at radius 1 is 1.24 bits per heavy atom. The van der Waals surface area contributed by atoms with Crippen molar-refractivity contribution in [1.29, 1.82) is 0 Å². The predicted molar refractivity (Wildman–Crippen MR) is 99.0 cm³/mol. The normalized spacial score (nSPS) is 18.4. The maximum Gasteiger partial charge on any atom is 0.253 e. The first-order valence-electron chi connectivity index (χ1n) is 8.30. The van der Waals surface area contributed by atoms with Gasteiger partial charge in [-0.25, -0.2) is 8.42 Å². The summed E-state index contributed by atoms with van der Waals surface area (Å²) in [5, 5.41) is 2.90. The molecule has 1 N–H and O–H groups in total. The lowest BCUT2D eigenvalue weighted by molar-refractivity contribution is -0.124. The zero-order chi connectivity index (χ0) is 18.0. The standard InChI is InChI=1S/C18H22N2O3S2/c1-13-6-3-4-7-15(13)12-19-18(21)16-8-5-11-20(16)25(22,23)17-10-9-14(2)24-17/h3-4,6-7,9-10,16H,5,8,11-12H2,1-2H3,(H,19,21). The van der Waals surface area contributed by atoms with Crippen LogP contribution in [-0.4, -0.2) is 31.2 Å². The van der Waals surface area contributed by atoms with Crippen molar-refractivity contribution in [3.63, 3.8) is 0 Å². The fourth-order valence-corrected chi connectivity index (χ4v) is 6.13. The van der Waals surface area contributed by atoms with Gasteiger partial charge in [-0.3, -0.25) is 4.79 Å². The number of carbonyl (C=O) groups excluding carboxylic acids is 1. The fraction of sp³-hybridized carbons (Fsp3) is 0.389. The highest BCUT2D eigenvalue weighted by molar-refractivity contribution is 7.91. The van der Waals surface area contributed by atoms with Crippen molar-refractivity contribution in [1.82, 2.24) is 9.62 Å². The van der Waals surface area contributed by atoms with Gasteiger partial charge in [0.25, 0.3) is 10.0 Å². The molecule has 0 bridgehead atoms. The van der Waals surface area contributed by atoms with E-state index in [1.165, 1.54) is 15.6 Å². The van der Waals surface area contributed by atoms with Gasteiger partial charge >= 0.3 is 0 Å². The molecule has 1 aliphatic heterocycles. The molecule has 1 fully saturated rings. The topological polar surface area (TPSA) is 66.5 Å². The molecule has 2 heterocycles. The number of amides is 1. The van der Waals surface area contributed by atoms with E-state index in [1.807, 2.05) is 38.1 Å². The number of thiophene rings is 1. The number of hydrogen-bond donors (Lipinski definition) is 1. The first-order chi connectivity index (χ1) is 11.9. The molecule has 7 heteroatoms. The number of hydrogen-bond acceptors (Lipinski definition) is 4. The summed E-state index contributed by atoms with van der Waals surface area (Å²) < 4.78 is 27.4. The van der Waals surface area contributed by atoms with E-state index < -0.39 is 16.1 Å². The van der Waals surface area contributed by atoms with E-state index in [-0.39, 0.29) is 5.91 Å². The molecule has 0 aliphatic carbocycles. The minimum atomic E-state index is -3.61. The van der Waals surface area contributed by atoms with Crippen LogP contribution in [0.2, 0.25) is 0 Å². The van der Waals surface area contributed by atoms with Gasteiger partial charge in [-0.2, -0.15) is 4.31 Å². The summed E-state index contributed by atoms with van der Waals surface area (Å²) in [7, 11) is -3.61. The number of rotatable bonds is 5. The number of aryl methyl sites for hydroxylation is 2. The third-order valence-corrected chi connectivity index (χ3v) is 7.88. The maximum atomic E-state index is 12.8. The largest absolute Gasteiger partial charge is 0.351 e. The minimum Gasteiger partial charge on any atom is -0.351 e. The molecular weight excluding hydrogens is 356 g/mol. The Labute approximate surface area is 152 Å². The maximum absolute atomic E-state index is 12.8. The van der Waals surface area contributed by atoms with Crippen LogP contribution in [0, 0.1) is 13.8 Å². The molecule has 1 atom stereocenters. The van der Waals surface area contributed by atoms with Crippen LogP contribution in [-0.2, 0) is 21.4 Å². The van der Waals surface area contributed by atoms with Crippen LogP contribution >= 0.6 is 11.3 Å². The number of nitrogens with one attached hydrogen (secondary N) is 1. The van der Waals surface area contributed by atoms with Crippen molar-refractivity contribution < 1.29 is 13.2 Å². The zero-order valence-corrected chi connectivity index (χ0v) is 16.0. The monoisotopic (exact) mass is 378 g/mol. The van der Waals surface area contributed by atoms with Gasteiger partial charge < -0.3 is 5.32 Å². The van der Waals surface area contributed by atoms with Gasteiger partial charge in [-0.15, -0.1) is 11.3 Å². The third-order valence-electron chi connectivity index (χ3n) is 4.50. The summed E-state index contributed by atoms with van der Waals surface area (Å²) >= 11 is 1.25. The van der Waals surface area contributed by atoms with E-state index in [0.717, 1.165) is 16.0 Å². The quantitative estimate of drug-likeness (QED) is 0.870. The molecule has 0 spiro atoms. The van der Waals surface area contributed by atoms with Gasteiger partial charge in [0.1, 0.15) is 10.3 Å². The van der Waals surface area contributed by atoms with Crippen molar-refractivity contribution in [2.75, 3.05) is 6.54 Å². The van der Waals surface area contributed by atoms with Crippen LogP contribution < -0.4 is 5.32 Å². The van der Waals surface area contributed by atoms with Crippen molar-refractivity contribution in [2.45, 2.75) is 43.5 Å². The average molecular weight is 379 g/mol. The summed E-state index contributed by atoms with van der Waals surface area (Å²) in [5.41, 5.74) is 2.14. The Hall–Kier alpha value is -1.70. The van der Waals surface area contributed by atoms with E-state index in [4.69, 9.17) is 0 Å². The smallest absolute Gasteiger partial charge is 0.253 e. The van der Waals surface area contributed by atoms with E-state index >= 15 is 0 Å². The Kier molecular flexibility index (Phi) is 5.27. The number of nitrogens with zero attached hydrogens (tertiary/aromatic N) is 1. The van der Waals surface area contributed by atoms with Gasteiger partial charge in [0.15, 0.2) is 0 Å². The van der Waals surface area contributed by atoms with E-state index in [2.05, 4.69) is 5.32 Å². The highest BCUT2D eigenvalue weighted by Gasteiger charge is 2.39. The summed E-state index contributed by atoms with van der Waals surface area (Å²) in [6.07, 6.45) is 1.26. The van der Waals surface area contributed by atoms with Crippen LogP contribution in [0.3, 0.4) is 0 Å². The molecule has 1 amide bonds. The number of benzene rings is 1. The van der Waals surface area contributed by atoms with Gasteiger partial charge in [-0.05, 0) is 49.9 Å². The van der Waals surface area contributed by atoms with E-state index in [9.17, 15) is 13.2 Å². The highest BCUT2D eigenvalue weighted by Crippen LogP contribution is 2.30. The Bertz CT molecular complexity index is 874. The number of carbonyl (C=O) groups is 1. The molecule has 1 aromatic carbocycles. The molecule has 1 saturated heterocycles. The van der Waals surface area contributed by atoms with Crippen molar-refractivity contribution >= 4 is 27.3 Å². The Balaban J connectivity index is 1.73. The second-order valence-corrected chi connectivity index (χ2v) is 9.69. The highest BCUT2D eigenvalue weighted by atomic mass is 32.2. The Morgan fingerprint density at radius 3 is 2.68 bits per heavy atom. The molecule has 1 aliphatic rings. The van der Waals surface area contributed by atoms with Crippen LogP contribution in [0.5, 0.6) is 0 Å². The van der Waals surface area contributed by atoms with Crippen LogP contribution in [0.4, 0.5) is 0 Å². The molecule has 134 valence electrons. The first-order valence-corrected chi connectivity index (χ1v) is 10.6. The summed E-state index contributed by atoms with van der Waals surface area (Å²) in [5.74, 6) is -0.224. The van der Waals surface area contributed by atoms with Crippen molar-refractivity contribution in [3.8, 4) is 0 Å². The summed E-state index contributed by atoms with van der Waals surface area (Å²) in [6, 6.07) is 10.6. The molecule has 0 radical (unpaired) electrons. The summed E-state index contributed by atoms with van der Waals surface area (Å²) in [6.45, 7) is 4.67. The van der Waals surface area contributed by atoms with Gasteiger partial charge in [-0.1, -0.05) is 24.3 Å². The molecule has 2 aromatic rings. The van der Waals surface area contributed by atoms with Gasteiger partial charge in [0.2, 0.25) is 5.91 Å². The van der Waals surface area contributed by atoms with Crippen molar-refractivity contribution in [2.24, 2.45) is 0 Å². The predicted octanol–water partition coefficient (Wildman–Crippen LogP) is 2.83. The zero-order valence-electron chi connectivity index (χ0n) is 14.4. The van der Waals surface area contributed by atoms with Gasteiger partial charge in [0, 0.05) is 18.0 Å². The molecule has 1 aromatic heterocycles. The molecule has 1 unspecified atom stereocenters. The van der Waals surface area contributed by atoms with Crippen molar-refractivity contribution in [3.05, 3.63) is 52.4 Å². The number of sulfonamides is 1. The van der Waals surface area contributed by atoms with Crippen LogP contribution in [0.15, 0.2) is 40.6 Å². The molecule has 5 nitrogen and oxygen atoms in total. The lowest BCUT2D eigenvalue weighted by Crippen LogP contribution is -2.45. The third kappa shape index (κ3) is 3.78. The SMILES string of the molecule is Cc1ccc(S(=O)(=O)N2CCCC2C(=O)NCc2ccccc2C)s1. The van der Waals surface area contributed by atoms with E-state index in [1.54, 1.807) is 12.1 Å². The molecular formula is C18H22N2O3S2. The molecule has 25 heavy (non-hydrogen) atoms. The average Bonchev–Trinajstić information content (AvgIpc) is 3.23.